The van der Waals surface area contributed by atoms with E-state index in [0.29, 0.717) is 27.9 Å². The summed E-state index contributed by atoms with van der Waals surface area (Å²) in [6, 6.07) is 14.8. The number of carbonyl (C=O) groups is 1. The minimum atomic E-state index is -0.441. The summed E-state index contributed by atoms with van der Waals surface area (Å²) in [4.78, 5) is 32.3. The first-order valence-electron chi connectivity index (χ1n) is 8.91. The van der Waals surface area contributed by atoms with Crippen LogP contribution in [-0.2, 0) is 10.5 Å². The summed E-state index contributed by atoms with van der Waals surface area (Å²) in [5.74, 6) is 0.405. The number of aryl methyl sites for hydroxylation is 1. The number of aromatic nitrogens is 2. The van der Waals surface area contributed by atoms with E-state index in [1.54, 1.807) is 24.3 Å². The van der Waals surface area contributed by atoms with Crippen LogP contribution in [0.5, 0.6) is 5.75 Å². The highest BCUT2D eigenvalue weighted by molar-refractivity contribution is 7.98. The number of amides is 1. The first kappa shape index (κ1) is 18.3. The molecule has 0 saturated heterocycles. The number of nitrogens with zero attached hydrogens (tertiary/aromatic N) is 1. The van der Waals surface area contributed by atoms with E-state index in [1.807, 2.05) is 31.2 Å². The quantitative estimate of drug-likeness (QED) is 0.465. The van der Waals surface area contributed by atoms with Crippen molar-refractivity contribution in [3.8, 4) is 5.75 Å². The molecule has 1 aliphatic heterocycles. The van der Waals surface area contributed by atoms with Crippen molar-refractivity contribution in [2.75, 3.05) is 5.32 Å². The molecule has 1 aliphatic rings. The molecule has 0 spiro atoms. The van der Waals surface area contributed by atoms with Crippen LogP contribution in [-0.4, -0.2) is 21.0 Å². The smallest absolute Gasteiger partial charge is 0.257 e. The van der Waals surface area contributed by atoms with Crippen molar-refractivity contribution in [2.45, 2.75) is 30.2 Å². The molecule has 0 saturated carbocycles. The molecule has 0 bridgehead atoms. The zero-order chi connectivity index (χ0) is 19.7. The average molecular weight is 393 g/mol. The molecular weight excluding hydrogens is 374 g/mol. The monoisotopic (exact) mass is 393 g/mol. The van der Waals surface area contributed by atoms with Gasteiger partial charge in [0.15, 0.2) is 5.16 Å². The third-order valence-electron chi connectivity index (χ3n) is 4.70. The van der Waals surface area contributed by atoms with Crippen LogP contribution < -0.4 is 10.9 Å². The van der Waals surface area contributed by atoms with Crippen molar-refractivity contribution >= 4 is 23.5 Å². The maximum absolute atomic E-state index is 12.8. The molecule has 1 aromatic heterocycles. The topological polar surface area (TPSA) is 95.1 Å². The van der Waals surface area contributed by atoms with Crippen molar-refractivity contribution in [1.29, 1.82) is 0 Å². The number of nitrogens with one attached hydrogen (secondary N) is 2. The number of H-pyrrole nitrogens is 1. The van der Waals surface area contributed by atoms with Crippen LogP contribution in [0.4, 0.5) is 5.82 Å². The lowest BCUT2D eigenvalue weighted by Crippen LogP contribution is -2.31. The molecule has 1 atom stereocenters. The van der Waals surface area contributed by atoms with E-state index in [-0.39, 0.29) is 23.6 Å². The molecule has 0 aliphatic carbocycles. The Labute approximate surface area is 166 Å². The zero-order valence-corrected chi connectivity index (χ0v) is 16.0. The number of anilines is 1. The number of hydrogen-bond acceptors (Lipinski definition) is 5. The molecule has 3 aromatic rings. The molecule has 3 N–H and O–H groups in total. The normalized spacial score (nSPS) is 15.8. The predicted octanol–water partition coefficient (Wildman–Crippen LogP) is 3.55. The van der Waals surface area contributed by atoms with Crippen LogP contribution in [0.2, 0.25) is 0 Å². The number of benzene rings is 2. The predicted molar refractivity (Wildman–Crippen MR) is 109 cm³/mol. The molecule has 6 nitrogen and oxygen atoms in total. The summed E-state index contributed by atoms with van der Waals surface area (Å²) in [5.41, 5.74) is 3.17. The highest BCUT2D eigenvalue weighted by Crippen LogP contribution is 2.35. The summed E-state index contributed by atoms with van der Waals surface area (Å²) in [6.07, 6.45) is 0.136. The first-order valence-corrected chi connectivity index (χ1v) is 9.89. The third-order valence-corrected chi connectivity index (χ3v) is 5.64. The van der Waals surface area contributed by atoms with E-state index in [2.05, 4.69) is 15.3 Å². The van der Waals surface area contributed by atoms with Crippen molar-refractivity contribution < 1.29 is 9.90 Å². The fourth-order valence-corrected chi connectivity index (χ4v) is 4.10. The van der Waals surface area contributed by atoms with Crippen molar-refractivity contribution in [2.24, 2.45) is 0 Å². The number of phenols is 1. The van der Waals surface area contributed by atoms with E-state index in [0.717, 1.165) is 5.56 Å². The van der Waals surface area contributed by atoms with E-state index in [4.69, 9.17) is 0 Å². The lowest BCUT2D eigenvalue weighted by Gasteiger charge is -2.24. The summed E-state index contributed by atoms with van der Waals surface area (Å²) in [5, 5.41) is 12.9. The number of aromatic amines is 1. The zero-order valence-electron chi connectivity index (χ0n) is 15.2. The molecule has 28 heavy (non-hydrogen) atoms. The summed E-state index contributed by atoms with van der Waals surface area (Å²) in [6.45, 7) is 2.03. The molecule has 2 aromatic carbocycles. The van der Waals surface area contributed by atoms with Crippen molar-refractivity contribution in [3.05, 3.63) is 81.1 Å². The second-order valence-electron chi connectivity index (χ2n) is 6.81. The number of phenolic OH excluding ortho intramolecular Hbond substituents is 1. The van der Waals surface area contributed by atoms with Crippen molar-refractivity contribution in [3.63, 3.8) is 0 Å². The Balaban J connectivity index is 1.65. The van der Waals surface area contributed by atoms with Gasteiger partial charge in [-0.2, -0.15) is 0 Å². The van der Waals surface area contributed by atoms with Crippen LogP contribution in [0.15, 0.2) is 58.5 Å². The van der Waals surface area contributed by atoms with Crippen LogP contribution in [0.1, 0.15) is 34.6 Å². The highest BCUT2D eigenvalue weighted by atomic mass is 32.2. The minimum absolute atomic E-state index is 0.0969. The van der Waals surface area contributed by atoms with E-state index in [1.165, 1.54) is 17.3 Å². The Hall–Kier alpha value is -3.06. The van der Waals surface area contributed by atoms with Gasteiger partial charge in [-0.05, 0) is 30.2 Å². The Kier molecular flexibility index (Phi) is 4.92. The number of hydrogen-bond donors (Lipinski definition) is 3. The Morgan fingerprint density at radius 2 is 1.96 bits per heavy atom. The maximum Gasteiger partial charge on any atom is 0.257 e. The van der Waals surface area contributed by atoms with Gasteiger partial charge in [-0.3, -0.25) is 9.59 Å². The molecule has 7 heteroatoms. The lowest BCUT2D eigenvalue weighted by molar-refractivity contribution is -0.116. The number of rotatable bonds is 4. The second-order valence-corrected chi connectivity index (χ2v) is 7.77. The standard InChI is InChI=1S/C21H19N3O3S/c1-12-5-7-13(8-6-12)11-28-21-23-19-18(20(27)24-21)16(10-17(26)22-19)14-3-2-4-15(25)9-14/h2-9,16,25H,10-11H2,1H3,(H2,22,23,24,26,27)/t16-/m0/s1. The Bertz CT molecular complexity index is 1090. The summed E-state index contributed by atoms with van der Waals surface area (Å²) < 4.78 is 0. The van der Waals surface area contributed by atoms with E-state index in [9.17, 15) is 14.7 Å². The number of aromatic hydroxyl groups is 1. The largest absolute Gasteiger partial charge is 0.508 e. The van der Waals surface area contributed by atoms with Gasteiger partial charge >= 0.3 is 0 Å². The molecule has 1 amide bonds. The SMILES string of the molecule is Cc1ccc(CSc2nc3c(c(=O)[nH]2)[C@H](c2cccc(O)c2)CC(=O)N3)cc1. The third kappa shape index (κ3) is 3.80. The lowest BCUT2D eigenvalue weighted by atomic mass is 9.87. The molecular formula is C21H19N3O3S. The molecule has 2 heterocycles. The molecule has 4 rings (SSSR count). The van der Waals surface area contributed by atoms with Gasteiger partial charge in [0.2, 0.25) is 5.91 Å². The van der Waals surface area contributed by atoms with Crippen LogP contribution in [0.3, 0.4) is 0 Å². The Morgan fingerprint density at radius 3 is 2.71 bits per heavy atom. The van der Waals surface area contributed by atoms with Gasteiger partial charge in [-0.25, -0.2) is 4.98 Å². The Morgan fingerprint density at radius 1 is 1.18 bits per heavy atom. The van der Waals surface area contributed by atoms with Gasteiger partial charge in [0.25, 0.3) is 5.56 Å². The van der Waals surface area contributed by atoms with Gasteiger partial charge in [-0.15, -0.1) is 0 Å². The van der Waals surface area contributed by atoms with E-state index >= 15 is 0 Å². The van der Waals surface area contributed by atoms with Gasteiger partial charge in [-0.1, -0.05) is 53.7 Å². The van der Waals surface area contributed by atoms with Gasteiger partial charge in [0, 0.05) is 18.1 Å². The highest BCUT2D eigenvalue weighted by Gasteiger charge is 2.31. The van der Waals surface area contributed by atoms with Crippen LogP contribution in [0.25, 0.3) is 0 Å². The van der Waals surface area contributed by atoms with Gasteiger partial charge in [0.1, 0.15) is 11.6 Å². The number of thioether (sulfide) groups is 1. The first-order chi connectivity index (χ1) is 13.5. The minimum Gasteiger partial charge on any atom is -0.508 e. The number of fused-ring (bicyclic) bond motifs is 1. The fraction of sp³-hybridized carbons (Fsp3) is 0.190. The van der Waals surface area contributed by atoms with Gasteiger partial charge in [0.05, 0.1) is 5.56 Å². The van der Waals surface area contributed by atoms with Crippen LogP contribution >= 0.6 is 11.8 Å². The van der Waals surface area contributed by atoms with Gasteiger partial charge < -0.3 is 15.4 Å². The maximum atomic E-state index is 12.8. The molecule has 0 unspecified atom stereocenters. The van der Waals surface area contributed by atoms with Crippen LogP contribution in [0, 0.1) is 6.92 Å². The molecule has 0 radical (unpaired) electrons. The fourth-order valence-electron chi connectivity index (χ4n) is 3.28. The summed E-state index contributed by atoms with van der Waals surface area (Å²) >= 11 is 1.41. The van der Waals surface area contributed by atoms with E-state index < -0.39 is 5.92 Å². The average Bonchev–Trinajstić information content (AvgIpc) is 2.66. The second kappa shape index (κ2) is 7.52. The number of carbonyl (C=O) groups excluding carboxylic acids is 1. The molecule has 0 fully saturated rings. The summed E-state index contributed by atoms with van der Waals surface area (Å²) in [7, 11) is 0. The molecule has 142 valence electrons. The van der Waals surface area contributed by atoms with Crippen molar-refractivity contribution in [1.82, 2.24) is 9.97 Å².